The summed E-state index contributed by atoms with van der Waals surface area (Å²) in [7, 11) is 0. The average Bonchev–Trinajstić information content (AvgIpc) is 3.46. The average molecular weight is 641 g/mol. The topological polar surface area (TPSA) is 139 Å². The summed E-state index contributed by atoms with van der Waals surface area (Å²) >= 11 is 1.41. The molecule has 0 aliphatic rings. The Morgan fingerprint density at radius 3 is 2.33 bits per heavy atom. The molecule has 2 atom stereocenters. The van der Waals surface area contributed by atoms with Crippen molar-refractivity contribution in [3.8, 4) is 11.1 Å². The van der Waals surface area contributed by atoms with Gasteiger partial charge in [-0.25, -0.2) is 9.59 Å². The number of carboxylic acid groups (broad SMARTS) is 1. The van der Waals surface area contributed by atoms with Gasteiger partial charge in [-0.05, 0) is 42.5 Å². The van der Waals surface area contributed by atoms with Gasteiger partial charge < -0.3 is 24.6 Å². The molecule has 0 saturated carbocycles. The number of amides is 2. The lowest BCUT2D eigenvalue weighted by Crippen LogP contribution is -2.52. The summed E-state index contributed by atoms with van der Waals surface area (Å²) < 4.78 is 11.4. The second kappa shape index (κ2) is 15.0. The third-order valence-electron chi connectivity index (χ3n) is 7.91. The number of hydrogen-bond acceptors (Lipinski definition) is 7. The van der Waals surface area contributed by atoms with Crippen LogP contribution in [0.25, 0.3) is 33.1 Å². The Bertz CT molecular complexity index is 1900. The number of thioether (sulfide) groups is 1. The van der Waals surface area contributed by atoms with Crippen molar-refractivity contribution in [1.82, 2.24) is 10.6 Å². The van der Waals surface area contributed by atoms with Gasteiger partial charge in [0.2, 0.25) is 11.8 Å². The van der Waals surface area contributed by atoms with E-state index in [1.807, 2.05) is 80.6 Å². The van der Waals surface area contributed by atoms with Gasteiger partial charge in [0.25, 0.3) is 0 Å². The zero-order valence-corrected chi connectivity index (χ0v) is 26.5. The molecule has 0 aliphatic carbocycles. The Balaban J connectivity index is 1.25. The van der Waals surface area contributed by atoms with E-state index in [1.165, 1.54) is 11.8 Å². The summed E-state index contributed by atoms with van der Waals surface area (Å²) in [6.07, 6.45) is 2.67. The van der Waals surface area contributed by atoms with E-state index in [9.17, 15) is 24.3 Å². The van der Waals surface area contributed by atoms with Crippen LogP contribution in [-0.4, -0.2) is 40.7 Å². The van der Waals surface area contributed by atoms with Gasteiger partial charge in [-0.3, -0.25) is 9.59 Å². The molecule has 10 heteroatoms. The number of carbonyl (C=O) groups excluding carboxylic acids is 2. The number of fused-ring (bicyclic) bond motifs is 2. The fraction of sp³-hybridized carbons (Fsp3) is 0.278. The second-order valence-electron chi connectivity index (χ2n) is 11.2. The summed E-state index contributed by atoms with van der Waals surface area (Å²) in [5, 5.41) is 16.7. The van der Waals surface area contributed by atoms with Crippen LogP contribution in [-0.2, 0) is 26.6 Å². The summed E-state index contributed by atoms with van der Waals surface area (Å²) in [4.78, 5) is 51.0. The molecule has 2 aromatic heterocycles. The molecule has 2 amide bonds. The molecule has 0 radical (unpaired) electrons. The van der Waals surface area contributed by atoms with E-state index in [4.69, 9.17) is 8.83 Å². The highest BCUT2D eigenvalue weighted by atomic mass is 32.2. The molecule has 2 heterocycles. The lowest BCUT2D eigenvalue weighted by atomic mass is 9.99. The van der Waals surface area contributed by atoms with Gasteiger partial charge >= 0.3 is 11.6 Å². The molecule has 5 rings (SSSR count). The Labute approximate surface area is 270 Å². The number of nitrogens with one attached hydrogen (secondary N) is 2. The fourth-order valence-corrected chi connectivity index (χ4v) is 6.43. The zero-order chi connectivity index (χ0) is 32.6. The minimum Gasteiger partial charge on any atom is -0.480 e. The molecular weight excluding hydrogens is 604 g/mol. The first-order valence-electron chi connectivity index (χ1n) is 15.2. The van der Waals surface area contributed by atoms with Gasteiger partial charge in [-0.15, -0.1) is 0 Å². The Hall–Kier alpha value is -4.83. The molecule has 0 bridgehead atoms. The minimum absolute atomic E-state index is 0.0525. The predicted octanol–water partition coefficient (Wildman–Crippen LogP) is 6.23. The van der Waals surface area contributed by atoms with Crippen molar-refractivity contribution < 1.29 is 28.3 Å². The van der Waals surface area contributed by atoms with E-state index in [2.05, 4.69) is 10.6 Å². The van der Waals surface area contributed by atoms with Gasteiger partial charge in [0.1, 0.15) is 23.2 Å². The number of carbonyl (C=O) groups is 3. The van der Waals surface area contributed by atoms with Crippen LogP contribution in [0.2, 0.25) is 0 Å². The molecule has 5 aromatic rings. The maximum absolute atomic E-state index is 13.1. The van der Waals surface area contributed by atoms with Crippen molar-refractivity contribution in [2.24, 2.45) is 0 Å². The molecule has 238 valence electrons. The van der Waals surface area contributed by atoms with E-state index < -0.39 is 35.5 Å². The normalized spacial score (nSPS) is 12.6. The van der Waals surface area contributed by atoms with Crippen molar-refractivity contribution in [1.29, 1.82) is 0 Å². The number of furan rings is 1. The minimum atomic E-state index is -1.14. The quantitative estimate of drug-likeness (QED) is 0.121. The third kappa shape index (κ3) is 7.69. The fourth-order valence-electron chi connectivity index (χ4n) is 5.42. The Morgan fingerprint density at radius 1 is 0.913 bits per heavy atom. The molecule has 2 unspecified atom stereocenters. The van der Waals surface area contributed by atoms with E-state index in [0.29, 0.717) is 40.9 Å². The predicted molar refractivity (Wildman–Crippen MR) is 180 cm³/mol. The number of rotatable bonds is 14. The number of carboxylic acids is 1. The highest BCUT2D eigenvalue weighted by Crippen LogP contribution is 2.34. The molecule has 9 nitrogen and oxygen atoms in total. The van der Waals surface area contributed by atoms with Gasteiger partial charge in [0.05, 0.1) is 6.26 Å². The SMILES string of the molecule is CCCC(NC(=O)CCc1c(C)c2cc3c(-c4ccccc4)coc3cc2oc1=O)C(=O)NC(CSCc1ccccc1)C(=O)O. The number of aryl methyl sites for hydroxylation is 1. The lowest BCUT2D eigenvalue weighted by Gasteiger charge is -2.21. The molecule has 0 saturated heterocycles. The van der Waals surface area contributed by atoms with Crippen LogP contribution in [0.4, 0.5) is 0 Å². The first kappa shape index (κ1) is 32.6. The second-order valence-corrected chi connectivity index (χ2v) is 12.2. The smallest absolute Gasteiger partial charge is 0.339 e. The molecule has 0 fully saturated rings. The van der Waals surface area contributed by atoms with E-state index in [0.717, 1.165) is 27.5 Å². The highest BCUT2D eigenvalue weighted by molar-refractivity contribution is 7.98. The largest absolute Gasteiger partial charge is 0.480 e. The van der Waals surface area contributed by atoms with Crippen molar-refractivity contribution >= 4 is 51.5 Å². The standard InChI is InChI=1S/C36H36N2O7S/c1-3-10-29(34(40)38-30(35(41)42)21-46-20-23-11-6-4-7-12-23)37-33(39)16-15-25-22(2)26-17-27-28(24-13-8-5-9-14-24)19-44-31(27)18-32(26)45-36(25)43/h4-9,11-14,17-19,29-30H,3,10,15-16,20-21H2,1-2H3,(H,37,39)(H,38,40)(H,41,42). The summed E-state index contributed by atoms with van der Waals surface area (Å²) in [5.74, 6) is -1.33. The summed E-state index contributed by atoms with van der Waals surface area (Å²) in [6.45, 7) is 3.70. The maximum atomic E-state index is 13.1. The Morgan fingerprint density at radius 2 is 1.63 bits per heavy atom. The summed E-state index contributed by atoms with van der Waals surface area (Å²) in [6, 6.07) is 21.1. The van der Waals surface area contributed by atoms with Crippen molar-refractivity contribution in [2.75, 3.05) is 5.75 Å². The molecule has 0 spiro atoms. The monoisotopic (exact) mass is 640 g/mol. The molecule has 0 aliphatic heterocycles. The molecular formula is C36H36N2O7S. The Kier molecular flexibility index (Phi) is 10.6. The maximum Gasteiger partial charge on any atom is 0.339 e. The molecule has 3 aromatic carbocycles. The lowest BCUT2D eigenvalue weighted by molar-refractivity contribution is -0.141. The summed E-state index contributed by atoms with van der Waals surface area (Å²) in [5.41, 5.74) is 4.52. The zero-order valence-electron chi connectivity index (χ0n) is 25.7. The third-order valence-corrected chi connectivity index (χ3v) is 9.01. The van der Waals surface area contributed by atoms with Crippen LogP contribution in [0.3, 0.4) is 0 Å². The van der Waals surface area contributed by atoms with Gasteiger partial charge in [-0.1, -0.05) is 74.0 Å². The van der Waals surface area contributed by atoms with Crippen LogP contribution in [0, 0.1) is 6.92 Å². The van der Waals surface area contributed by atoms with Crippen molar-refractivity contribution in [2.45, 2.75) is 57.4 Å². The van der Waals surface area contributed by atoms with Gasteiger partial charge in [0.15, 0.2) is 0 Å². The molecule has 3 N–H and O–H groups in total. The number of benzene rings is 3. The highest BCUT2D eigenvalue weighted by Gasteiger charge is 2.26. The van der Waals surface area contributed by atoms with E-state index in [1.54, 1.807) is 12.3 Å². The van der Waals surface area contributed by atoms with E-state index in [-0.39, 0.29) is 18.6 Å². The van der Waals surface area contributed by atoms with Crippen LogP contribution in [0.15, 0.2) is 92.7 Å². The van der Waals surface area contributed by atoms with Crippen LogP contribution in [0.5, 0.6) is 0 Å². The number of hydrogen-bond donors (Lipinski definition) is 3. The van der Waals surface area contributed by atoms with Crippen molar-refractivity contribution in [3.05, 3.63) is 106 Å². The van der Waals surface area contributed by atoms with E-state index >= 15 is 0 Å². The first-order chi connectivity index (χ1) is 22.2. The van der Waals surface area contributed by atoms with Crippen LogP contribution in [0.1, 0.15) is 42.9 Å². The van der Waals surface area contributed by atoms with Crippen LogP contribution < -0.4 is 16.3 Å². The van der Waals surface area contributed by atoms with Crippen molar-refractivity contribution in [3.63, 3.8) is 0 Å². The first-order valence-corrected chi connectivity index (χ1v) is 16.4. The number of aliphatic carboxylic acids is 1. The molecule has 46 heavy (non-hydrogen) atoms. The van der Waals surface area contributed by atoms with Crippen LogP contribution >= 0.6 is 11.8 Å². The van der Waals surface area contributed by atoms with Gasteiger partial charge in [0, 0.05) is 45.9 Å². The van der Waals surface area contributed by atoms with Gasteiger partial charge in [-0.2, -0.15) is 11.8 Å².